The maximum atomic E-state index is 8.21. The van der Waals surface area contributed by atoms with Gasteiger partial charge in [-0.3, -0.25) is 0 Å². The van der Waals surface area contributed by atoms with Gasteiger partial charge in [0.05, 0.1) is 26.4 Å². The van der Waals surface area contributed by atoms with Gasteiger partial charge in [-0.05, 0) is 38.5 Å². The summed E-state index contributed by atoms with van der Waals surface area (Å²) in [6.07, 6.45) is 5.94. The zero-order valence-electron chi connectivity index (χ0n) is 14.1. The number of ether oxygens (including phenoxy) is 3. The molecule has 0 saturated carbocycles. The minimum Gasteiger partial charge on any atom is -0.396 e. The molecule has 2 rings (SSSR count). The smallest absolute Gasteiger partial charge is 0.104 e. The lowest BCUT2D eigenvalue weighted by Gasteiger charge is -1.95. The van der Waals surface area contributed by atoms with Crippen LogP contribution in [-0.4, -0.2) is 85.5 Å². The Labute approximate surface area is 139 Å². The Hall–Kier alpha value is -0.280. The second kappa shape index (κ2) is 18.1. The van der Waals surface area contributed by atoms with Crippen LogP contribution in [0, 0.1) is 0 Å². The summed E-state index contributed by atoms with van der Waals surface area (Å²) >= 11 is 0. The fourth-order valence-corrected chi connectivity index (χ4v) is 1.46. The fourth-order valence-electron chi connectivity index (χ4n) is 1.46. The Morgan fingerprint density at radius 1 is 0.609 bits per heavy atom. The fraction of sp³-hybridized carbons (Fsp3) is 1.00. The quantitative estimate of drug-likeness (QED) is 0.294. The van der Waals surface area contributed by atoms with E-state index in [1.54, 1.807) is 0 Å². The van der Waals surface area contributed by atoms with Gasteiger partial charge in [0.1, 0.15) is 12.2 Å². The summed E-state index contributed by atoms with van der Waals surface area (Å²) in [5.41, 5.74) is 0. The average Bonchev–Trinajstić information content (AvgIpc) is 3.45. The van der Waals surface area contributed by atoms with Gasteiger partial charge < -0.3 is 34.6 Å². The van der Waals surface area contributed by atoms with Crippen molar-refractivity contribution in [2.45, 2.75) is 50.7 Å². The SMILES string of the molecule is C(OCC1CO1)C1CO1.OCCCCCO.OCCCCCO. The molecule has 0 spiro atoms. The normalized spacial score (nSPS) is 20.9. The van der Waals surface area contributed by atoms with Crippen molar-refractivity contribution < 1.29 is 34.6 Å². The molecule has 23 heavy (non-hydrogen) atoms. The van der Waals surface area contributed by atoms with Crippen molar-refractivity contribution >= 4 is 0 Å². The predicted molar refractivity (Wildman–Crippen MR) is 86.3 cm³/mol. The van der Waals surface area contributed by atoms with Crippen molar-refractivity contribution in [2.24, 2.45) is 0 Å². The molecule has 0 aromatic carbocycles. The molecule has 2 unspecified atom stereocenters. The highest BCUT2D eigenvalue weighted by Crippen LogP contribution is 2.12. The Morgan fingerprint density at radius 2 is 0.913 bits per heavy atom. The van der Waals surface area contributed by atoms with Crippen LogP contribution < -0.4 is 0 Å². The molecular formula is C16H34O7. The number of rotatable bonds is 12. The highest BCUT2D eigenvalue weighted by molar-refractivity contribution is 4.71. The lowest BCUT2D eigenvalue weighted by atomic mass is 10.2. The van der Waals surface area contributed by atoms with Gasteiger partial charge in [0.15, 0.2) is 0 Å². The van der Waals surface area contributed by atoms with Gasteiger partial charge in [0, 0.05) is 26.4 Å². The molecule has 0 aromatic rings. The molecule has 140 valence electrons. The van der Waals surface area contributed by atoms with Gasteiger partial charge in [-0.2, -0.15) is 0 Å². The molecule has 0 radical (unpaired) electrons. The van der Waals surface area contributed by atoms with Gasteiger partial charge in [-0.25, -0.2) is 0 Å². The van der Waals surface area contributed by atoms with Crippen molar-refractivity contribution in [3.05, 3.63) is 0 Å². The van der Waals surface area contributed by atoms with E-state index in [0.717, 1.165) is 65.0 Å². The zero-order chi connectivity index (χ0) is 17.2. The van der Waals surface area contributed by atoms with Crippen LogP contribution in [0.3, 0.4) is 0 Å². The molecule has 2 aliphatic heterocycles. The van der Waals surface area contributed by atoms with E-state index >= 15 is 0 Å². The Bertz CT molecular complexity index is 190. The van der Waals surface area contributed by atoms with Crippen molar-refractivity contribution in [3.8, 4) is 0 Å². The van der Waals surface area contributed by atoms with Crippen LogP contribution in [-0.2, 0) is 14.2 Å². The number of aliphatic hydroxyl groups is 4. The summed E-state index contributed by atoms with van der Waals surface area (Å²) < 4.78 is 15.1. The maximum absolute atomic E-state index is 8.21. The first-order chi connectivity index (χ1) is 11.3. The maximum Gasteiger partial charge on any atom is 0.104 e. The zero-order valence-corrected chi connectivity index (χ0v) is 14.1. The number of epoxide rings is 2. The molecule has 0 amide bonds. The minimum absolute atomic E-state index is 0.250. The highest BCUT2D eigenvalue weighted by Gasteiger charge is 2.26. The minimum atomic E-state index is 0.250. The van der Waals surface area contributed by atoms with E-state index in [1.807, 2.05) is 0 Å². The van der Waals surface area contributed by atoms with Crippen LogP contribution in [0.4, 0.5) is 0 Å². The summed E-state index contributed by atoms with van der Waals surface area (Å²) in [5.74, 6) is 0. The van der Waals surface area contributed by atoms with Crippen LogP contribution in [0.5, 0.6) is 0 Å². The van der Waals surface area contributed by atoms with E-state index in [-0.39, 0.29) is 26.4 Å². The van der Waals surface area contributed by atoms with E-state index in [4.69, 9.17) is 34.6 Å². The molecule has 2 heterocycles. The second-order valence-electron chi connectivity index (χ2n) is 5.46. The van der Waals surface area contributed by atoms with Crippen LogP contribution in [0.25, 0.3) is 0 Å². The van der Waals surface area contributed by atoms with Crippen molar-refractivity contribution in [1.29, 1.82) is 0 Å². The van der Waals surface area contributed by atoms with Crippen LogP contribution in [0.1, 0.15) is 38.5 Å². The lowest BCUT2D eigenvalue weighted by Crippen LogP contribution is -2.06. The molecular weight excluding hydrogens is 304 g/mol. The molecule has 7 heteroatoms. The van der Waals surface area contributed by atoms with Crippen LogP contribution >= 0.6 is 0 Å². The third-order valence-corrected chi connectivity index (χ3v) is 3.04. The monoisotopic (exact) mass is 338 g/mol. The van der Waals surface area contributed by atoms with Crippen molar-refractivity contribution in [1.82, 2.24) is 0 Å². The van der Waals surface area contributed by atoms with Crippen molar-refractivity contribution in [3.63, 3.8) is 0 Å². The summed E-state index contributed by atoms with van der Waals surface area (Å²) in [6.45, 7) is 4.26. The predicted octanol–water partition coefficient (Wildman–Crippen LogP) is 0.0832. The number of unbranched alkanes of at least 4 members (excludes halogenated alkanes) is 4. The van der Waals surface area contributed by atoms with Gasteiger partial charge in [-0.15, -0.1) is 0 Å². The van der Waals surface area contributed by atoms with Gasteiger partial charge in [0.2, 0.25) is 0 Å². The molecule has 2 fully saturated rings. The summed E-state index contributed by atoms with van der Waals surface area (Å²) in [7, 11) is 0. The first kappa shape index (κ1) is 22.7. The van der Waals surface area contributed by atoms with E-state index in [0.29, 0.717) is 12.2 Å². The molecule has 2 saturated heterocycles. The first-order valence-electron chi connectivity index (χ1n) is 8.52. The molecule has 4 N–H and O–H groups in total. The Morgan fingerprint density at radius 3 is 1.13 bits per heavy atom. The largest absolute Gasteiger partial charge is 0.396 e. The van der Waals surface area contributed by atoms with Crippen LogP contribution in [0.2, 0.25) is 0 Å². The van der Waals surface area contributed by atoms with Gasteiger partial charge in [-0.1, -0.05) is 0 Å². The third kappa shape index (κ3) is 21.7. The third-order valence-electron chi connectivity index (χ3n) is 3.04. The molecule has 0 aromatic heterocycles. The summed E-state index contributed by atoms with van der Waals surface area (Å²) in [6, 6.07) is 0. The molecule has 2 atom stereocenters. The molecule has 0 bridgehead atoms. The highest BCUT2D eigenvalue weighted by atomic mass is 16.6. The number of hydrogen-bond donors (Lipinski definition) is 4. The number of aliphatic hydroxyl groups excluding tert-OH is 4. The summed E-state index contributed by atoms with van der Waals surface area (Å²) in [5, 5.41) is 32.8. The van der Waals surface area contributed by atoms with E-state index in [1.165, 1.54) is 0 Å². The Kier molecular flexibility index (Phi) is 17.8. The second-order valence-corrected chi connectivity index (χ2v) is 5.46. The first-order valence-corrected chi connectivity index (χ1v) is 8.52. The molecule has 2 aliphatic rings. The topological polar surface area (TPSA) is 115 Å². The molecule has 0 aliphatic carbocycles. The average molecular weight is 338 g/mol. The Balaban J connectivity index is 0.000000322. The van der Waals surface area contributed by atoms with Crippen LogP contribution in [0.15, 0.2) is 0 Å². The van der Waals surface area contributed by atoms with E-state index in [2.05, 4.69) is 0 Å². The summed E-state index contributed by atoms with van der Waals surface area (Å²) in [4.78, 5) is 0. The number of hydrogen-bond acceptors (Lipinski definition) is 7. The van der Waals surface area contributed by atoms with Gasteiger partial charge >= 0.3 is 0 Å². The van der Waals surface area contributed by atoms with Crippen molar-refractivity contribution in [2.75, 3.05) is 52.9 Å². The van der Waals surface area contributed by atoms with E-state index < -0.39 is 0 Å². The van der Waals surface area contributed by atoms with E-state index in [9.17, 15) is 0 Å². The van der Waals surface area contributed by atoms with Gasteiger partial charge in [0.25, 0.3) is 0 Å². The molecule has 7 nitrogen and oxygen atoms in total. The standard InChI is InChI=1S/C6H10O3.2C5H12O2/c1(5-3-8-5)7-2-6-4-9-6;2*6-4-2-1-3-5-7/h5-6H,1-4H2;2*6-7H,1-5H2. The lowest BCUT2D eigenvalue weighted by molar-refractivity contribution is 0.102.